The van der Waals surface area contributed by atoms with Gasteiger partial charge in [-0.05, 0) is 43.9 Å². The highest BCUT2D eigenvalue weighted by Crippen LogP contribution is 2.24. The van der Waals surface area contributed by atoms with Crippen molar-refractivity contribution in [2.75, 3.05) is 23.9 Å². The number of nitrogens with zero attached hydrogens (tertiary/aromatic N) is 2. The fraction of sp³-hybridized carbons (Fsp3) is 0.267. The van der Waals surface area contributed by atoms with Crippen LogP contribution >= 0.6 is 11.8 Å². The quantitative estimate of drug-likeness (QED) is 0.647. The molecule has 0 aliphatic heterocycles. The molecule has 2 rings (SSSR count). The average Bonchev–Trinajstić information content (AvgIpc) is 2.47. The molecule has 0 bridgehead atoms. The van der Waals surface area contributed by atoms with Crippen LogP contribution < -0.4 is 11.1 Å². The Kier molecular flexibility index (Phi) is 5.21. The molecule has 2 aromatic rings. The van der Waals surface area contributed by atoms with Crippen LogP contribution in [0.5, 0.6) is 0 Å². The second kappa shape index (κ2) is 7.13. The number of benzene rings is 1. The van der Waals surface area contributed by atoms with Crippen LogP contribution in [0.4, 0.5) is 17.5 Å². The van der Waals surface area contributed by atoms with Crippen LogP contribution in [0, 0.1) is 6.92 Å². The Morgan fingerprint density at radius 1 is 1.45 bits per heavy atom. The number of carbonyl (C=O) groups excluding carboxylic acids is 1. The van der Waals surface area contributed by atoms with Crippen molar-refractivity contribution >= 4 is 35.2 Å². The molecule has 7 heteroatoms. The smallest absolute Gasteiger partial charge is 0.343 e. The van der Waals surface area contributed by atoms with Gasteiger partial charge in [-0.1, -0.05) is 0 Å². The number of rotatable bonds is 5. The molecule has 0 fully saturated rings. The van der Waals surface area contributed by atoms with Crippen molar-refractivity contribution in [3.63, 3.8) is 0 Å². The first-order valence-corrected chi connectivity index (χ1v) is 7.99. The highest BCUT2D eigenvalue weighted by molar-refractivity contribution is 7.98. The van der Waals surface area contributed by atoms with Crippen LogP contribution in [-0.2, 0) is 4.74 Å². The second-order valence-corrected chi connectivity index (χ2v) is 5.37. The molecular weight excluding hydrogens is 300 g/mol. The molecule has 1 heterocycles. The van der Waals surface area contributed by atoms with Crippen molar-refractivity contribution < 1.29 is 9.53 Å². The zero-order chi connectivity index (χ0) is 16.1. The molecule has 0 unspecified atom stereocenters. The molecule has 0 radical (unpaired) electrons. The van der Waals surface area contributed by atoms with Crippen molar-refractivity contribution in [1.29, 1.82) is 0 Å². The molecule has 0 aliphatic rings. The fourth-order valence-electron chi connectivity index (χ4n) is 1.91. The number of nitrogens with one attached hydrogen (secondary N) is 1. The average molecular weight is 318 g/mol. The Balaban J connectivity index is 2.19. The van der Waals surface area contributed by atoms with Crippen LogP contribution in [0.2, 0.25) is 0 Å². The van der Waals surface area contributed by atoms with Crippen LogP contribution in [-0.4, -0.2) is 28.8 Å². The number of anilines is 3. The number of nitrogen functional groups attached to an aromatic ring is 1. The number of thioether (sulfide) groups is 1. The first-order valence-electron chi connectivity index (χ1n) is 6.76. The number of carbonyl (C=O) groups is 1. The van der Waals surface area contributed by atoms with Crippen molar-refractivity contribution in [1.82, 2.24) is 9.97 Å². The van der Waals surface area contributed by atoms with Gasteiger partial charge in [0.25, 0.3) is 0 Å². The molecule has 6 nitrogen and oxygen atoms in total. The maximum absolute atomic E-state index is 11.6. The van der Waals surface area contributed by atoms with E-state index in [-0.39, 0.29) is 18.0 Å². The van der Waals surface area contributed by atoms with Gasteiger partial charge < -0.3 is 15.8 Å². The molecular formula is C15H18N4O2S. The fourth-order valence-corrected chi connectivity index (χ4v) is 2.49. The van der Waals surface area contributed by atoms with Gasteiger partial charge in [-0.15, -0.1) is 11.8 Å². The topological polar surface area (TPSA) is 90.1 Å². The minimum atomic E-state index is -0.522. The highest BCUT2D eigenvalue weighted by atomic mass is 32.2. The summed E-state index contributed by atoms with van der Waals surface area (Å²) in [4.78, 5) is 21.1. The van der Waals surface area contributed by atoms with Gasteiger partial charge in [-0.3, -0.25) is 0 Å². The van der Waals surface area contributed by atoms with Gasteiger partial charge in [0, 0.05) is 16.8 Å². The first kappa shape index (κ1) is 16.1. The lowest BCUT2D eigenvalue weighted by Gasteiger charge is -2.10. The van der Waals surface area contributed by atoms with Crippen molar-refractivity contribution in [3.8, 4) is 0 Å². The van der Waals surface area contributed by atoms with Gasteiger partial charge in [-0.25, -0.2) is 9.78 Å². The molecule has 116 valence electrons. The number of nitrogens with two attached hydrogens (primary N) is 1. The van der Waals surface area contributed by atoms with Gasteiger partial charge >= 0.3 is 5.97 Å². The number of ether oxygens (including phenoxy) is 1. The molecule has 0 saturated carbocycles. The third kappa shape index (κ3) is 3.67. The van der Waals surface area contributed by atoms with E-state index in [0.717, 1.165) is 11.3 Å². The van der Waals surface area contributed by atoms with Crippen LogP contribution in [0.3, 0.4) is 0 Å². The minimum absolute atomic E-state index is 0.0911. The highest BCUT2D eigenvalue weighted by Gasteiger charge is 2.13. The second-order valence-electron chi connectivity index (χ2n) is 4.52. The molecule has 0 aliphatic carbocycles. The predicted octanol–water partition coefficient (Wildman–Crippen LogP) is 3.01. The van der Waals surface area contributed by atoms with Gasteiger partial charge in [0.05, 0.1) is 6.61 Å². The van der Waals surface area contributed by atoms with Crippen LogP contribution in [0.25, 0.3) is 0 Å². The Hall–Kier alpha value is -2.28. The van der Waals surface area contributed by atoms with E-state index in [1.807, 2.05) is 31.4 Å². The summed E-state index contributed by atoms with van der Waals surface area (Å²) in [6, 6.07) is 5.97. The van der Waals surface area contributed by atoms with E-state index in [9.17, 15) is 4.79 Å². The van der Waals surface area contributed by atoms with E-state index >= 15 is 0 Å². The van der Waals surface area contributed by atoms with Crippen molar-refractivity contribution in [3.05, 3.63) is 35.5 Å². The summed E-state index contributed by atoms with van der Waals surface area (Å²) in [5, 5.41) is 3.07. The molecule has 0 spiro atoms. The summed E-state index contributed by atoms with van der Waals surface area (Å²) < 4.78 is 4.89. The van der Waals surface area contributed by atoms with Gasteiger partial charge in [0.1, 0.15) is 11.4 Å². The summed E-state index contributed by atoms with van der Waals surface area (Å²) >= 11 is 1.69. The third-order valence-corrected chi connectivity index (χ3v) is 3.86. The monoisotopic (exact) mass is 318 g/mol. The first-order chi connectivity index (χ1) is 10.5. The van der Waals surface area contributed by atoms with Crippen molar-refractivity contribution in [2.24, 2.45) is 0 Å². The van der Waals surface area contributed by atoms with E-state index in [2.05, 4.69) is 15.3 Å². The number of hydrogen-bond donors (Lipinski definition) is 2. The summed E-state index contributed by atoms with van der Waals surface area (Å²) in [6.45, 7) is 4.04. The molecule has 1 aromatic heterocycles. The lowest BCUT2D eigenvalue weighted by molar-refractivity contribution is 0.0527. The van der Waals surface area contributed by atoms with E-state index in [1.54, 1.807) is 18.7 Å². The predicted molar refractivity (Wildman–Crippen MR) is 88.6 cm³/mol. The Bertz CT molecular complexity index is 691. The van der Waals surface area contributed by atoms with Gasteiger partial charge in [0.15, 0.2) is 0 Å². The molecule has 22 heavy (non-hydrogen) atoms. The maximum Gasteiger partial charge on any atom is 0.343 e. The summed E-state index contributed by atoms with van der Waals surface area (Å²) in [7, 11) is 0. The molecule has 1 aromatic carbocycles. The SMILES string of the molecule is CCOC(=O)c1cnc(Nc2ccc(SC)c(C)c2)nc1N. The van der Waals surface area contributed by atoms with E-state index in [0.29, 0.717) is 5.95 Å². The molecule has 3 N–H and O–H groups in total. The Labute approximate surface area is 133 Å². The van der Waals surface area contributed by atoms with Gasteiger partial charge in [-0.2, -0.15) is 4.98 Å². The van der Waals surface area contributed by atoms with E-state index < -0.39 is 5.97 Å². The molecule has 0 atom stereocenters. The lowest BCUT2D eigenvalue weighted by Crippen LogP contribution is -2.11. The lowest BCUT2D eigenvalue weighted by atomic mass is 10.2. The third-order valence-electron chi connectivity index (χ3n) is 2.96. The summed E-state index contributed by atoms with van der Waals surface area (Å²) in [6.07, 6.45) is 3.40. The standard InChI is InChI=1S/C15H18N4O2S/c1-4-21-14(20)11-8-17-15(19-13(11)16)18-10-5-6-12(22-3)9(2)7-10/h5-8H,4H2,1-3H3,(H3,16,17,18,19). The number of esters is 1. The van der Waals surface area contributed by atoms with Gasteiger partial charge in [0.2, 0.25) is 5.95 Å². The summed E-state index contributed by atoms with van der Waals surface area (Å²) in [5.41, 5.74) is 7.97. The Morgan fingerprint density at radius 3 is 2.82 bits per heavy atom. The molecule has 0 amide bonds. The normalized spacial score (nSPS) is 10.3. The number of aromatic nitrogens is 2. The largest absolute Gasteiger partial charge is 0.462 e. The molecule has 0 saturated heterocycles. The van der Waals surface area contributed by atoms with Crippen LogP contribution in [0.1, 0.15) is 22.8 Å². The Morgan fingerprint density at radius 2 is 2.23 bits per heavy atom. The van der Waals surface area contributed by atoms with Crippen molar-refractivity contribution in [2.45, 2.75) is 18.7 Å². The van der Waals surface area contributed by atoms with Crippen LogP contribution in [0.15, 0.2) is 29.3 Å². The minimum Gasteiger partial charge on any atom is -0.462 e. The zero-order valence-electron chi connectivity index (χ0n) is 12.7. The maximum atomic E-state index is 11.6. The van der Waals surface area contributed by atoms with E-state index in [1.165, 1.54) is 11.1 Å². The zero-order valence-corrected chi connectivity index (χ0v) is 13.5. The van der Waals surface area contributed by atoms with E-state index in [4.69, 9.17) is 10.5 Å². The number of hydrogen-bond acceptors (Lipinski definition) is 7. The number of aryl methyl sites for hydroxylation is 1. The summed E-state index contributed by atoms with van der Waals surface area (Å²) in [5.74, 6) is -0.0954.